The third-order valence-corrected chi connectivity index (χ3v) is 5.32. The van der Waals surface area contributed by atoms with Crippen LogP contribution >= 0.6 is 0 Å². The van der Waals surface area contributed by atoms with Crippen LogP contribution in [0.25, 0.3) is 28.2 Å². The lowest BCUT2D eigenvalue weighted by molar-refractivity contribution is 0.158. The van der Waals surface area contributed by atoms with Gasteiger partial charge in [0.05, 0.1) is 11.1 Å². The molecule has 0 saturated carbocycles. The van der Waals surface area contributed by atoms with E-state index >= 15 is 0 Å². The molecule has 6 heteroatoms. The Morgan fingerprint density at radius 3 is 2.55 bits per heavy atom. The average molecular weight is 420 g/mol. The van der Waals surface area contributed by atoms with Gasteiger partial charge in [0.1, 0.15) is 45.8 Å². The second kappa shape index (κ2) is 7.23. The van der Waals surface area contributed by atoms with Gasteiger partial charge in [0.15, 0.2) is 0 Å². The van der Waals surface area contributed by atoms with Gasteiger partial charge in [-0.05, 0) is 58.4 Å². The van der Waals surface area contributed by atoms with E-state index < -0.39 is 11.0 Å². The average Bonchev–Trinajstić information content (AvgIpc) is 2.68. The van der Waals surface area contributed by atoms with Gasteiger partial charge in [0, 0.05) is 17.2 Å². The predicted octanol–water partition coefficient (Wildman–Crippen LogP) is 5.27. The minimum atomic E-state index is -0.555. The largest absolute Gasteiger partial charge is 0.508 e. The first-order chi connectivity index (χ1) is 14.6. The van der Waals surface area contributed by atoms with Gasteiger partial charge in [-0.2, -0.15) is 0 Å². The number of rotatable bonds is 3. The highest BCUT2D eigenvalue weighted by atomic mass is 16.5. The van der Waals surface area contributed by atoms with Gasteiger partial charge < -0.3 is 24.5 Å². The van der Waals surface area contributed by atoms with E-state index in [4.69, 9.17) is 9.15 Å². The number of ether oxygens (including phenoxy) is 1. The highest BCUT2D eigenvalue weighted by Crippen LogP contribution is 2.42. The summed E-state index contributed by atoms with van der Waals surface area (Å²) in [5.74, 6) is -0.0414. The van der Waals surface area contributed by atoms with Gasteiger partial charge in [-0.1, -0.05) is 11.6 Å². The normalized spacial score (nSPS) is 14.2. The zero-order valence-electron chi connectivity index (χ0n) is 17.8. The lowest BCUT2D eigenvalue weighted by Gasteiger charge is -2.28. The SMILES string of the molecule is CC(C)=CCc1c(O)ccc(O)c1-c1coc2cc3c(c(O)c2c1=O)C=CC(C)(C)O3. The molecular weight excluding hydrogens is 396 g/mol. The summed E-state index contributed by atoms with van der Waals surface area (Å²) in [6.07, 6.45) is 6.95. The fraction of sp³-hybridized carbons (Fsp3) is 0.240. The van der Waals surface area contributed by atoms with Crippen LogP contribution < -0.4 is 10.2 Å². The molecule has 0 amide bonds. The Kier molecular flexibility index (Phi) is 4.81. The summed E-state index contributed by atoms with van der Waals surface area (Å²) in [5.41, 5.74) is 1.14. The highest BCUT2D eigenvalue weighted by Gasteiger charge is 2.27. The third kappa shape index (κ3) is 3.54. The molecule has 2 heterocycles. The van der Waals surface area contributed by atoms with Gasteiger partial charge in [-0.3, -0.25) is 4.79 Å². The van der Waals surface area contributed by atoms with E-state index in [0.29, 0.717) is 23.3 Å². The van der Waals surface area contributed by atoms with Crippen LogP contribution in [-0.4, -0.2) is 20.9 Å². The quantitative estimate of drug-likeness (QED) is 0.394. The van der Waals surface area contributed by atoms with E-state index in [-0.39, 0.29) is 39.3 Å². The molecule has 0 bridgehead atoms. The topological polar surface area (TPSA) is 100 Å². The molecule has 3 N–H and O–H groups in total. The van der Waals surface area contributed by atoms with Crippen LogP contribution in [0.1, 0.15) is 38.8 Å². The van der Waals surface area contributed by atoms with Crippen molar-refractivity contribution in [2.75, 3.05) is 0 Å². The predicted molar refractivity (Wildman–Crippen MR) is 120 cm³/mol. The summed E-state index contributed by atoms with van der Waals surface area (Å²) in [5, 5.41) is 31.8. The number of phenols is 3. The molecule has 0 saturated heterocycles. The van der Waals surface area contributed by atoms with Crippen molar-refractivity contribution in [3.63, 3.8) is 0 Å². The van der Waals surface area contributed by atoms with Gasteiger partial charge >= 0.3 is 0 Å². The number of allylic oxidation sites excluding steroid dienone is 2. The summed E-state index contributed by atoms with van der Waals surface area (Å²) in [6, 6.07) is 4.28. The molecule has 1 aromatic heterocycles. The van der Waals surface area contributed by atoms with E-state index in [9.17, 15) is 20.1 Å². The van der Waals surface area contributed by atoms with Crippen LogP contribution in [0.5, 0.6) is 23.0 Å². The van der Waals surface area contributed by atoms with Crippen LogP contribution in [0.3, 0.4) is 0 Å². The Balaban J connectivity index is 1.99. The zero-order chi connectivity index (χ0) is 22.5. The lowest BCUT2D eigenvalue weighted by Crippen LogP contribution is -2.27. The van der Waals surface area contributed by atoms with E-state index in [1.54, 1.807) is 18.2 Å². The standard InChI is InChI=1S/C25H24O6/c1-13(2)5-6-14-17(26)7-8-18(27)21(14)16-12-30-20-11-19-15(9-10-25(3,4)31-19)23(28)22(20)24(16)29/h5,7-12,26-28H,6H2,1-4H3. The monoisotopic (exact) mass is 420 g/mol. The Labute approximate surface area is 179 Å². The van der Waals surface area contributed by atoms with Gasteiger partial charge in [0.25, 0.3) is 0 Å². The van der Waals surface area contributed by atoms with E-state index in [2.05, 4.69) is 0 Å². The van der Waals surface area contributed by atoms with Crippen molar-refractivity contribution in [3.8, 4) is 34.1 Å². The van der Waals surface area contributed by atoms with Crippen LogP contribution in [0.15, 0.2) is 51.4 Å². The summed E-state index contributed by atoms with van der Waals surface area (Å²) >= 11 is 0. The van der Waals surface area contributed by atoms with Crippen LogP contribution in [-0.2, 0) is 6.42 Å². The lowest BCUT2D eigenvalue weighted by atomic mass is 9.94. The molecular formula is C25H24O6. The third-order valence-electron chi connectivity index (χ3n) is 5.32. The Bertz CT molecular complexity index is 1320. The summed E-state index contributed by atoms with van der Waals surface area (Å²) in [7, 11) is 0. The highest BCUT2D eigenvalue weighted by molar-refractivity contribution is 5.93. The smallest absolute Gasteiger partial charge is 0.204 e. The number of hydrogen-bond acceptors (Lipinski definition) is 6. The van der Waals surface area contributed by atoms with Crippen molar-refractivity contribution in [1.82, 2.24) is 0 Å². The van der Waals surface area contributed by atoms with Crippen molar-refractivity contribution in [3.05, 3.63) is 63.5 Å². The zero-order valence-corrected chi connectivity index (χ0v) is 17.8. The van der Waals surface area contributed by atoms with Gasteiger partial charge in [-0.25, -0.2) is 0 Å². The van der Waals surface area contributed by atoms with Crippen LogP contribution in [0.2, 0.25) is 0 Å². The Morgan fingerprint density at radius 1 is 1.13 bits per heavy atom. The molecule has 1 aliphatic heterocycles. The second-order valence-electron chi connectivity index (χ2n) is 8.47. The molecule has 3 aromatic rings. The Morgan fingerprint density at radius 2 is 1.84 bits per heavy atom. The molecule has 0 spiro atoms. The van der Waals surface area contributed by atoms with Crippen molar-refractivity contribution in [1.29, 1.82) is 0 Å². The minimum absolute atomic E-state index is 0.0138. The maximum Gasteiger partial charge on any atom is 0.204 e. The number of fused-ring (bicyclic) bond motifs is 2. The van der Waals surface area contributed by atoms with Crippen molar-refractivity contribution in [2.45, 2.75) is 39.7 Å². The van der Waals surface area contributed by atoms with E-state index in [1.807, 2.05) is 33.8 Å². The Hall–Kier alpha value is -3.67. The maximum absolute atomic E-state index is 13.4. The fourth-order valence-electron chi connectivity index (χ4n) is 3.72. The molecule has 6 nitrogen and oxygen atoms in total. The number of hydrogen-bond donors (Lipinski definition) is 3. The number of aromatic hydroxyl groups is 3. The fourth-order valence-corrected chi connectivity index (χ4v) is 3.72. The number of benzene rings is 2. The van der Waals surface area contributed by atoms with Gasteiger partial charge in [-0.15, -0.1) is 0 Å². The van der Waals surface area contributed by atoms with Crippen LogP contribution in [0.4, 0.5) is 0 Å². The molecule has 2 aromatic carbocycles. The molecule has 0 unspecified atom stereocenters. The van der Waals surface area contributed by atoms with E-state index in [0.717, 1.165) is 5.57 Å². The first-order valence-electron chi connectivity index (χ1n) is 9.96. The minimum Gasteiger partial charge on any atom is -0.508 e. The molecule has 1 aliphatic rings. The molecule has 31 heavy (non-hydrogen) atoms. The van der Waals surface area contributed by atoms with Gasteiger partial charge in [0.2, 0.25) is 5.43 Å². The molecule has 0 fully saturated rings. The number of phenolic OH excluding ortho intramolecular Hbond substituents is 3. The molecule has 0 atom stereocenters. The summed E-state index contributed by atoms with van der Waals surface area (Å²) in [6.45, 7) is 7.60. The van der Waals surface area contributed by atoms with Crippen molar-refractivity contribution in [2.24, 2.45) is 0 Å². The summed E-state index contributed by atoms with van der Waals surface area (Å²) in [4.78, 5) is 13.4. The first-order valence-corrected chi connectivity index (χ1v) is 9.96. The second-order valence-corrected chi connectivity index (χ2v) is 8.47. The molecule has 0 aliphatic carbocycles. The van der Waals surface area contributed by atoms with E-state index in [1.165, 1.54) is 18.4 Å². The van der Waals surface area contributed by atoms with Crippen molar-refractivity contribution < 1.29 is 24.5 Å². The molecule has 160 valence electrons. The maximum atomic E-state index is 13.4. The summed E-state index contributed by atoms with van der Waals surface area (Å²) < 4.78 is 11.6. The van der Waals surface area contributed by atoms with Crippen molar-refractivity contribution >= 4 is 17.0 Å². The first kappa shape index (κ1) is 20.6. The molecule has 4 rings (SSSR count). The van der Waals surface area contributed by atoms with Crippen LogP contribution in [0, 0.1) is 0 Å². The molecule has 0 radical (unpaired) electrons.